The maximum absolute atomic E-state index is 9.74. The van der Waals surface area contributed by atoms with Crippen molar-refractivity contribution >= 4 is 0 Å². The first-order valence-electron chi connectivity index (χ1n) is 6.03. The summed E-state index contributed by atoms with van der Waals surface area (Å²) in [6.07, 6.45) is 4.04. The average Bonchev–Trinajstić information content (AvgIpc) is 2.77. The van der Waals surface area contributed by atoms with Gasteiger partial charge in [-0.15, -0.1) is 0 Å². The summed E-state index contributed by atoms with van der Waals surface area (Å²) in [6.45, 7) is 3.91. The summed E-state index contributed by atoms with van der Waals surface area (Å²) < 4.78 is 5.12. The quantitative estimate of drug-likeness (QED) is 0.869. The molecule has 96 valence electrons. The molecule has 5 nitrogen and oxygen atoms in total. The second kappa shape index (κ2) is 5.73. The molecule has 0 fully saturated rings. The Labute approximate surface area is 106 Å². The molecular formula is C13H17N3O2. The van der Waals surface area contributed by atoms with Gasteiger partial charge in [-0.05, 0) is 23.6 Å². The lowest BCUT2D eigenvalue weighted by molar-refractivity contribution is 0.116. The van der Waals surface area contributed by atoms with Gasteiger partial charge < -0.3 is 9.63 Å². The summed E-state index contributed by atoms with van der Waals surface area (Å²) in [6, 6.07) is 3.83. The van der Waals surface area contributed by atoms with Crippen molar-refractivity contribution in [3.63, 3.8) is 0 Å². The minimum Gasteiger partial charge on any atom is -0.392 e. The first-order chi connectivity index (χ1) is 8.65. The van der Waals surface area contributed by atoms with Crippen LogP contribution in [-0.2, 0) is 12.8 Å². The van der Waals surface area contributed by atoms with E-state index >= 15 is 0 Å². The van der Waals surface area contributed by atoms with Crippen LogP contribution in [0.2, 0.25) is 0 Å². The fourth-order valence-corrected chi connectivity index (χ4v) is 1.54. The highest BCUT2D eigenvalue weighted by molar-refractivity contribution is 5.14. The van der Waals surface area contributed by atoms with E-state index in [0.717, 1.165) is 5.56 Å². The maximum atomic E-state index is 9.74. The van der Waals surface area contributed by atoms with Crippen LogP contribution in [-0.4, -0.2) is 26.3 Å². The molecule has 0 saturated heterocycles. The molecule has 1 unspecified atom stereocenters. The van der Waals surface area contributed by atoms with Crippen molar-refractivity contribution in [3.8, 4) is 0 Å². The van der Waals surface area contributed by atoms with Crippen LogP contribution in [0, 0.1) is 5.92 Å². The summed E-state index contributed by atoms with van der Waals surface area (Å²) in [5.74, 6) is 1.30. The number of rotatable bonds is 5. The van der Waals surface area contributed by atoms with Gasteiger partial charge in [0, 0.05) is 18.8 Å². The summed E-state index contributed by atoms with van der Waals surface area (Å²) in [5, 5.41) is 13.6. The first-order valence-corrected chi connectivity index (χ1v) is 6.03. The number of nitrogens with zero attached hydrogens (tertiary/aromatic N) is 3. The van der Waals surface area contributed by atoms with E-state index in [4.69, 9.17) is 4.52 Å². The van der Waals surface area contributed by atoms with Gasteiger partial charge in [0.05, 0.1) is 12.5 Å². The highest BCUT2D eigenvalue weighted by Crippen LogP contribution is 2.10. The van der Waals surface area contributed by atoms with E-state index in [0.29, 0.717) is 24.6 Å². The molecule has 5 heteroatoms. The Kier molecular flexibility index (Phi) is 4.04. The van der Waals surface area contributed by atoms with E-state index in [1.165, 1.54) is 0 Å². The third kappa shape index (κ3) is 3.37. The Morgan fingerprint density at radius 2 is 2.00 bits per heavy atom. The first kappa shape index (κ1) is 12.7. The molecule has 0 spiro atoms. The molecule has 18 heavy (non-hydrogen) atoms. The molecule has 0 aliphatic carbocycles. The molecule has 2 aromatic heterocycles. The molecule has 2 aromatic rings. The van der Waals surface area contributed by atoms with Gasteiger partial charge in [-0.25, -0.2) is 0 Å². The van der Waals surface area contributed by atoms with Crippen molar-refractivity contribution in [2.45, 2.75) is 32.8 Å². The third-order valence-corrected chi connectivity index (χ3v) is 2.78. The molecule has 0 radical (unpaired) electrons. The van der Waals surface area contributed by atoms with Crippen LogP contribution in [0.5, 0.6) is 0 Å². The van der Waals surface area contributed by atoms with Crippen molar-refractivity contribution < 1.29 is 9.63 Å². The molecule has 1 atom stereocenters. The minimum atomic E-state index is -0.445. The molecule has 1 N–H and O–H groups in total. The number of aromatic nitrogens is 3. The molecule has 2 heterocycles. The second-order valence-electron chi connectivity index (χ2n) is 4.65. The zero-order valence-corrected chi connectivity index (χ0v) is 10.6. The third-order valence-electron chi connectivity index (χ3n) is 2.78. The van der Waals surface area contributed by atoms with Crippen LogP contribution >= 0.6 is 0 Å². The summed E-state index contributed by atoms with van der Waals surface area (Å²) in [5.41, 5.74) is 1.08. The number of pyridine rings is 1. The van der Waals surface area contributed by atoms with Gasteiger partial charge in [0.25, 0.3) is 0 Å². The highest BCUT2D eigenvalue weighted by Gasteiger charge is 2.15. The van der Waals surface area contributed by atoms with E-state index in [2.05, 4.69) is 15.1 Å². The monoisotopic (exact) mass is 247 g/mol. The number of aliphatic hydroxyl groups excluding tert-OH is 1. The lowest BCUT2D eigenvalue weighted by Crippen LogP contribution is -2.17. The van der Waals surface area contributed by atoms with Crippen LogP contribution < -0.4 is 0 Å². The molecule has 0 aromatic carbocycles. The predicted octanol–water partition coefficient (Wildman–Crippen LogP) is 1.61. The van der Waals surface area contributed by atoms with Gasteiger partial charge in [-0.2, -0.15) is 4.98 Å². The van der Waals surface area contributed by atoms with Crippen LogP contribution in [0.15, 0.2) is 29.0 Å². The lowest BCUT2D eigenvalue weighted by Gasteiger charge is -2.10. The molecular weight excluding hydrogens is 230 g/mol. The van der Waals surface area contributed by atoms with Gasteiger partial charge in [-0.1, -0.05) is 19.0 Å². The van der Waals surface area contributed by atoms with Gasteiger partial charge in [0.2, 0.25) is 5.89 Å². The Hall–Kier alpha value is -1.75. The van der Waals surface area contributed by atoms with E-state index in [9.17, 15) is 5.11 Å². The Bertz CT molecular complexity index is 482. The molecule has 0 amide bonds. The standard InChI is InChI=1S/C13H17N3O2/c1-9(2)11(17)8-13-15-12(16-18-13)7-10-3-5-14-6-4-10/h3-6,9,11,17H,7-8H2,1-2H3. The maximum Gasteiger partial charge on any atom is 0.229 e. The van der Waals surface area contributed by atoms with Crippen LogP contribution in [0.4, 0.5) is 0 Å². The lowest BCUT2D eigenvalue weighted by atomic mass is 10.0. The normalized spacial score (nSPS) is 12.9. The van der Waals surface area contributed by atoms with Crippen molar-refractivity contribution in [2.24, 2.45) is 5.92 Å². The van der Waals surface area contributed by atoms with Crippen molar-refractivity contribution in [3.05, 3.63) is 41.8 Å². The van der Waals surface area contributed by atoms with Gasteiger partial charge in [0.1, 0.15) is 0 Å². The summed E-state index contributed by atoms with van der Waals surface area (Å²) in [4.78, 5) is 8.22. The van der Waals surface area contributed by atoms with E-state index in [1.807, 2.05) is 26.0 Å². The SMILES string of the molecule is CC(C)C(O)Cc1nc(Cc2ccncc2)no1. The van der Waals surface area contributed by atoms with Crippen LogP contribution in [0.3, 0.4) is 0 Å². The van der Waals surface area contributed by atoms with E-state index < -0.39 is 6.10 Å². The Balaban J connectivity index is 1.98. The highest BCUT2D eigenvalue weighted by atomic mass is 16.5. The Morgan fingerprint density at radius 1 is 1.28 bits per heavy atom. The van der Waals surface area contributed by atoms with Crippen molar-refractivity contribution in [1.29, 1.82) is 0 Å². The molecule has 0 saturated carbocycles. The molecule has 0 aliphatic heterocycles. The summed E-state index contributed by atoms with van der Waals surface area (Å²) in [7, 11) is 0. The molecule has 2 rings (SSSR count). The Morgan fingerprint density at radius 3 is 2.67 bits per heavy atom. The fourth-order valence-electron chi connectivity index (χ4n) is 1.54. The van der Waals surface area contributed by atoms with Crippen molar-refractivity contribution in [1.82, 2.24) is 15.1 Å². The average molecular weight is 247 g/mol. The van der Waals surface area contributed by atoms with Gasteiger partial charge in [-0.3, -0.25) is 4.98 Å². The van der Waals surface area contributed by atoms with Crippen LogP contribution in [0.1, 0.15) is 31.1 Å². The molecule has 0 bridgehead atoms. The van der Waals surface area contributed by atoms with Crippen molar-refractivity contribution in [2.75, 3.05) is 0 Å². The van der Waals surface area contributed by atoms with E-state index in [-0.39, 0.29) is 5.92 Å². The molecule has 0 aliphatic rings. The van der Waals surface area contributed by atoms with Gasteiger partial charge >= 0.3 is 0 Å². The number of hydrogen-bond acceptors (Lipinski definition) is 5. The minimum absolute atomic E-state index is 0.181. The van der Waals surface area contributed by atoms with Gasteiger partial charge in [0.15, 0.2) is 5.82 Å². The topological polar surface area (TPSA) is 72.0 Å². The fraction of sp³-hybridized carbons (Fsp3) is 0.462. The number of aliphatic hydroxyl groups is 1. The largest absolute Gasteiger partial charge is 0.392 e. The number of hydrogen-bond donors (Lipinski definition) is 1. The zero-order chi connectivity index (χ0) is 13.0. The predicted molar refractivity (Wildman–Crippen MR) is 65.9 cm³/mol. The van der Waals surface area contributed by atoms with Crippen LogP contribution in [0.25, 0.3) is 0 Å². The zero-order valence-electron chi connectivity index (χ0n) is 10.6. The van der Waals surface area contributed by atoms with E-state index in [1.54, 1.807) is 12.4 Å². The smallest absolute Gasteiger partial charge is 0.229 e. The second-order valence-corrected chi connectivity index (χ2v) is 4.65. The summed E-state index contributed by atoms with van der Waals surface area (Å²) >= 11 is 0.